The number of rotatable bonds is 14. The van der Waals surface area contributed by atoms with Crippen LogP contribution in [0.3, 0.4) is 0 Å². The number of anilines is 1. The van der Waals surface area contributed by atoms with Gasteiger partial charge in [-0.1, -0.05) is 42.5 Å². The molecule has 0 aliphatic carbocycles. The Morgan fingerprint density at radius 2 is 1.71 bits per heavy atom. The van der Waals surface area contributed by atoms with Crippen LogP contribution in [0.2, 0.25) is 0 Å². The quantitative estimate of drug-likeness (QED) is 0.161. The van der Waals surface area contributed by atoms with Crippen molar-refractivity contribution in [3.63, 3.8) is 0 Å². The molecule has 2 aromatic rings. The Kier molecular flexibility index (Phi) is 14.1. The lowest BCUT2D eigenvalue weighted by molar-refractivity contribution is -0.154. The van der Waals surface area contributed by atoms with Crippen LogP contribution in [0.1, 0.15) is 58.9 Å². The number of ether oxygens (including phenoxy) is 4. The molecular formula is C36H49N3O8S. The number of fused-ring (bicyclic) bond motifs is 1. The maximum atomic E-state index is 13.9. The van der Waals surface area contributed by atoms with Gasteiger partial charge in [-0.2, -0.15) is 0 Å². The van der Waals surface area contributed by atoms with E-state index in [0.29, 0.717) is 37.1 Å². The van der Waals surface area contributed by atoms with Gasteiger partial charge in [-0.3, -0.25) is 24.6 Å². The van der Waals surface area contributed by atoms with Gasteiger partial charge in [0.1, 0.15) is 24.8 Å². The predicted octanol–water partition coefficient (Wildman–Crippen LogP) is 5.20. The maximum absolute atomic E-state index is 13.9. The average Bonchev–Trinajstić information content (AvgIpc) is 3.19. The van der Waals surface area contributed by atoms with Crippen molar-refractivity contribution in [2.75, 3.05) is 50.1 Å². The van der Waals surface area contributed by atoms with Crippen LogP contribution in [0.5, 0.6) is 0 Å². The normalized spacial score (nSPS) is 17.7. The summed E-state index contributed by atoms with van der Waals surface area (Å²) < 4.78 is 22.3. The Bertz CT molecular complexity index is 1360. The zero-order chi connectivity index (χ0) is 34.5. The van der Waals surface area contributed by atoms with Crippen LogP contribution in [0.15, 0.2) is 59.5 Å². The molecule has 2 aromatic carbocycles. The van der Waals surface area contributed by atoms with E-state index in [0.717, 1.165) is 36.1 Å². The van der Waals surface area contributed by atoms with Gasteiger partial charge in [-0.05, 0) is 77.0 Å². The van der Waals surface area contributed by atoms with Gasteiger partial charge in [-0.25, -0.2) is 4.79 Å². The Morgan fingerprint density at radius 1 is 1.00 bits per heavy atom. The molecule has 1 saturated heterocycles. The highest BCUT2D eigenvalue weighted by atomic mass is 32.2. The SMILES string of the molecule is CCOC(=O)[C@@H](COCCCC1CCN(C(=O)OCc2ccccc2)CC1)NC1CSc2ccccc2N(CC(=O)OC(C)(C)C)C1=O. The second-order valence-electron chi connectivity index (χ2n) is 13.0. The molecule has 0 bridgehead atoms. The molecule has 0 aromatic heterocycles. The number of thioether (sulfide) groups is 1. The summed E-state index contributed by atoms with van der Waals surface area (Å²) in [4.78, 5) is 56.2. The van der Waals surface area contributed by atoms with Crippen molar-refractivity contribution in [2.45, 2.75) is 82.6 Å². The van der Waals surface area contributed by atoms with E-state index >= 15 is 0 Å². The molecule has 262 valence electrons. The van der Waals surface area contributed by atoms with Crippen LogP contribution in [0.25, 0.3) is 0 Å². The molecular weight excluding hydrogens is 634 g/mol. The van der Waals surface area contributed by atoms with Gasteiger partial charge >= 0.3 is 18.0 Å². The van der Waals surface area contributed by atoms with Gasteiger partial charge < -0.3 is 23.8 Å². The van der Waals surface area contributed by atoms with E-state index in [1.165, 1.54) is 16.7 Å². The summed E-state index contributed by atoms with van der Waals surface area (Å²) in [7, 11) is 0. The minimum Gasteiger partial charge on any atom is -0.465 e. The third-order valence-corrected chi connectivity index (χ3v) is 9.23. The number of carbonyl (C=O) groups excluding carboxylic acids is 4. The van der Waals surface area contributed by atoms with E-state index in [1.807, 2.05) is 48.5 Å². The van der Waals surface area contributed by atoms with Crippen LogP contribution < -0.4 is 10.2 Å². The van der Waals surface area contributed by atoms with E-state index in [1.54, 1.807) is 38.7 Å². The predicted molar refractivity (Wildman–Crippen MR) is 184 cm³/mol. The molecule has 0 spiro atoms. The van der Waals surface area contributed by atoms with Gasteiger partial charge in [0, 0.05) is 30.3 Å². The maximum Gasteiger partial charge on any atom is 0.410 e. The fourth-order valence-corrected chi connectivity index (χ4v) is 6.78. The smallest absolute Gasteiger partial charge is 0.410 e. The number of para-hydroxylation sites is 1. The van der Waals surface area contributed by atoms with Gasteiger partial charge in [0.25, 0.3) is 0 Å². The van der Waals surface area contributed by atoms with Crippen molar-refractivity contribution >= 4 is 41.4 Å². The van der Waals surface area contributed by atoms with E-state index < -0.39 is 29.6 Å². The van der Waals surface area contributed by atoms with Gasteiger partial charge in [0.05, 0.1) is 24.9 Å². The number of hydrogen-bond donors (Lipinski definition) is 1. The van der Waals surface area contributed by atoms with Crippen molar-refractivity contribution in [3.8, 4) is 0 Å². The van der Waals surface area contributed by atoms with Crippen LogP contribution in [-0.2, 0) is 39.9 Å². The molecule has 11 nitrogen and oxygen atoms in total. The Labute approximate surface area is 288 Å². The lowest BCUT2D eigenvalue weighted by atomic mass is 9.92. The third kappa shape index (κ3) is 11.5. The van der Waals surface area contributed by atoms with Crippen LogP contribution in [0, 0.1) is 5.92 Å². The Hall–Kier alpha value is -3.61. The van der Waals surface area contributed by atoms with Crippen molar-refractivity contribution < 1.29 is 38.1 Å². The summed E-state index contributed by atoms with van der Waals surface area (Å²) in [5.41, 5.74) is 0.895. The summed E-state index contributed by atoms with van der Waals surface area (Å²) in [6.45, 7) is 9.10. The van der Waals surface area contributed by atoms with E-state index in [9.17, 15) is 19.2 Å². The molecule has 12 heteroatoms. The highest BCUT2D eigenvalue weighted by molar-refractivity contribution is 7.99. The molecule has 2 amide bonds. The molecule has 4 rings (SSSR count). The number of nitrogens with one attached hydrogen (secondary N) is 1. The van der Waals surface area contributed by atoms with Gasteiger partial charge in [0.15, 0.2) is 0 Å². The number of piperidine rings is 1. The summed E-state index contributed by atoms with van der Waals surface area (Å²) in [5.74, 6) is -0.515. The summed E-state index contributed by atoms with van der Waals surface area (Å²) in [6, 6.07) is 15.4. The minimum atomic E-state index is -0.866. The first kappa shape index (κ1) is 37.2. The first-order valence-corrected chi connectivity index (χ1v) is 17.7. The van der Waals surface area contributed by atoms with E-state index in [2.05, 4.69) is 5.32 Å². The lowest BCUT2D eigenvalue weighted by Crippen LogP contribution is -2.55. The fourth-order valence-electron chi connectivity index (χ4n) is 5.70. The highest BCUT2D eigenvalue weighted by Gasteiger charge is 2.36. The number of benzene rings is 2. The third-order valence-electron chi connectivity index (χ3n) is 8.07. The number of hydrogen-bond acceptors (Lipinski definition) is 10. The minimum absolute atomic E-state index is 0.0397. The van der Waals surface area contributed by atoms with Crippen molar-refractivity contribution in [1.82, 2.24) is 10.2 Å². The standard InChI is InChI=1S/C36H49N3O8S/c1-5-45-34(42)28(24-44-21-11-14-26-17-19-38(20-18-26)35(43)46-23-27-12-7-6-8-13-27)37-29-25-48-31-16-10-9-15-30(31)39(33(29)41)22-32(40)47-36(2,3)4/h6-10,12-13,15-16,26,28-29,37H,5,11,14,17-25H2,1-4H3/t28-,29?/m1/s1. The topological polar surface area (TPSA) is 124 Å². The summed E-state index contributed by atoms with van der Waals surface area (Å²) in [6.07, 6.45) is 3.27. The van der Waals surface area contributed by atoms with Crippen molar-refractivity contribution in [3.05, 3.63) is 60.2 Å². The number of amides is 2. The molecule has 0 saturated carbocycles. The van der Waals surface area contributed by atoms with Gasteiger partial charge in [0.2, 0.25) is 5.91 Å². The monoisotopic (exact) mass is 683 g/mol. The lowest BCUT2D eigenvalue weighted by Gasteiger charge is -2.31. The molecule has 2 atom stereocenters. The van der Waals surface area contributed by atoms with E-state index in [4.69, 9.17) is 18.9 Å². The number of esters is 2. The van der Waals surface area contributed by atoms with Crippen molar-refractivity contribution in [1.29, 1.82) is 0 Å². The zero-order valence-corrected chi connectivity index (χ0v) is 29.3. The number of likely N-dealkylation sites (tertiary alicyclic amines) is 1. The van der Waals surface area contributed by atoms with E-state index in [-0.39, 0.29) is 38.4 Å². The molecule has 1 fully saturated rings. The second kappa shape index (κ2) is 18.2. The molecule has 1 unspecified atom stereocenters. The molecule has 2 heterocycles. The first-order valence-electron chi connectivity index (χ1n) is 16.7. The molecule has 2 aliphatic rings. The zero-order valence-electron chi connectivity index (χ0n) is 28.5. The highest BCUT2D eigenvalue weighted by Crippen LogP contribution is 2.34. The fraction of sp³-hybridized carbons (Fsp3) is 0.556. The van der Waals surface area contributed by atoms with Crippen LogP contribution in [-0.4, -0.2) is 91.7 Å². The summed E-state index contributed by atoms with van der Waals surface area (Å²) >= 11 is 1.48. The molecule has 0 radical (unpaired) electrons. The second-order valence-corrected chi connectivity index (χ2v) is 14.1. The Balaban J connectivity index is 1.25. The summed E-state index contributed by atoms with van der Waals surface area (Å²) in [5, 5.41) is 3.18. The largest absolute Gasteiger partial charge is 0.465 e. The van der Waals surface area contributed by atoms with Crippen LogP contribution >= 0.6 is 11.8 Å². The number of nitrogens with zero attached hydrogens (tertiary/aromatic N) is 2. The Morgan fingerprint density at radius 3 is 2.42 bits per heavy atom. The molecule has 1 N–H and O–H groups in total. The van der Waals surface area contributed by atoms with Gasteiger partial charge in [-0.15, -0.1) is 11.8 Å². The van der Waals surface area contributed by atoms with Crippen molar-refractivity contribution in [2.24, 2.45) is 5.92 Å². The first-order chi connectivity index (χ1) is 23.0. The molecule has 48 heavy (non-hydrogen) atoms. The number of carbonyl (C=O) groups is 4. The van der Waals surface area contributed by atoms with Crippen LogP contribution in [0.4, 0.5) is 10.5 Å². The average molecular weight is 684 g/mol. The molecule has 2 aliphatic heterocycles.